The van der Waals surface area contributed by atoms with Gasteiger partial charge < -0.3 is 10.3 Å². The van der Waals surface area contributed by atoms with Crippen LogP contribution in [0, 0.1) is 5.82 Å². The van der Waals surface area contributed by atoms with Gasteiger partial charge in [-0.25, -0.2) is 4.39 Å². The lowest BCUT2D eigenvalue weighted by atomic mass is 10.3. The van der Waals surface area contributed by atoms with Gasteiger partial charge >= 0.3 is 0 Å². The fraction of sp³-hybridized carbons (Fsp3) is 0. The second kappa shape index (κ2) is 3.96. The van der Waals surface area contributed by atoms with Gasteiger partial charge in [-0.1, -0.05) is 0 Å². The second-order valence-electron chi connectivity index (χ2n) is 3.07. The number of anilines is 2. The van der Waals surface area contributed by atoms with Crippen molar-refractivity contribution < 1.29 is 4.39 Å². The van der Waals surface area contributed by atoms with Crippen molar-refractivity contribution in [3.05, 3.63) is 58.8 Å². The van der Waals surface area contributed by atoms with Crippen LogP contribution in [0.4, 0.5) is 15.8 Å². The summed E-state index contributed by atoms with van der Waals surface area (Å²) in [5.74, 6) is -0.276. The van der Waals surface area contributed by atoms with Gasteiger partial charge in [0.25, 0.3) is 0 Å². The molecule has 0 aliphatic rings. The molecule has 2 rings (SSSR count). The van der Waals surface area contributed by atoms with Crippen LogP contribution >= 0.6 is 0 Å². The van der Waals surface area contributed by atoms with E-state index in [4.69, 9.17) is 0 Å². The number of H-pyrrole nitrogens is 1. The average molecular weight is 204 g/mol. The highest BCUT2D eigenvalue weighted by molar-refractivity contribution is 5.57. The number of hydrogen-bond acceptors (Lipinski definition) is 2. The maximum absolute atomic E-state index is 12.6. The van der Waals surface area contributed by atoms with E-state index in [2.05, 4.69) is 10.3 Å². The van der Waals surface area contributed by atoms with Crippen molar-refractivity contribution in [3.63, 3.8) is 0 Å². The first kappa shape index (κ1) is 9.45. The van der Waals surface area contributed by atoms with E-state index in [-0.39, 0.29) is 11.4 Å². The number of benzene rings is 1. The number of aromatic nitrogens is 1. The second-order valence-corrected chi connectivity index (χ2v) is 3.07. The van der Waals surface area contributed by atoms with Crippen LogP contribution in [-0.4, -0.2) is 4.98 Å². The Balaban J connectivity index is 2.18. The minimum atomic E-state index is -0.276. The van der Waals surface area contributed by atoms with Crippen LogP contribution in [0.1, 0.15) is 0 Å². The van der Waals surface area contributed by atoms with E-state index >= 15 is 0 Å². The van der Waals surface area contributed by atoms with Crippen molar-refractivity contribution in [2.45, 2.75) is 0 Å². The molecule has 0 spiro atoms. The Bertz CT molecular complexity index is 484. The molecule has 1 heterocycles. The Labute approximate surface area is 85.6 Å². The molecule has 2 N–H and O–H groups in total. The SMILES string of the molecule is O=c1ccc(Nc2ccc(F)cc2)c[nH]1. The summed E-state index contributed by atoms with van der Waals surface area (Å²) in [5, 5.41) is 3.02. The lowest BCUT2D eigenvalue weighted by Gasteiger charge is -2.04. The number of rotatable bonds is 2. The minimum absolute atomic E-state index is 0.153. The zero-order valence-corrected chi connectivity index (χ0v) is 7.83. The normalized spacial score (nSPS) is 9.93. The first-order chi connectivity index (χ1) is 7.24. The highest BCUT2D eigenvalue weighted by atomic mass is 19.1. The molecule has 0 bridgehead atoms. The Morgan fingerprint density at radius 3 is 2.27 bits per heavy atom. The molecule has 0 aliphatic heterocycles. The van der Waals surface area contributed by atoms with Gasteiger partial charge in [-0.15, -0.1) is 0 Å². The molecule has 2 aromatic rings. The van der Waals surface area contributed by atoms with Crippen LogP contribution < -0.4 is 10.9 Å². The lowest BCUT2D eigenvalue weighted by molar-refractivity contribution is 0.628. The molecule has 0 saturated carbocycles. The highest BCUT2D eigenvalue weighted by Gasteiger charge is 1.94. The molecule has 0 aliphatic carbocycles. The van der Waals surface area contributed by atoms with Crippen molar-refractivity contribution in [1.82, 2.24) is 4.98 Å². The molecular formula is C11H9FN2O. The van der Waals surface area contributed by atoms with Gasteiger partial charge in [-0.05, 0) is 30.3 Å². The first-order valence-corrected chi connectivity index (χ1v) is 4.45. The molecule has 0 atom stereocenters. The number of aromatic amines is 1. The summed E-state index contributed by atoms with van der Waals surface area (Å²) in [6.07, 6.45) is 1.56. The molecule has 3 nitrogen and oxygen atoms in total. The molecule has 0 radical (unpaired) electrons. The van der Waals surface area contributed by atoms with Crippen LogP contribution in [-0.2, 0) is 0 Å². The molecule has 1 aromatic heterocycles. The van der Waals surface area contributed by atoms with Crippen molar-refractivity contribution in [2.75, 3.05) is 5.32 Å². The maximum atomic E-state index is 12.6. The fourth-order valence-electron chi connectivity index (χ4n) is 1.19. The predicted octanol–water partition coefficient (Wildman–Crippen LogP) is 2.26. The molecular weight excluding hydrogens is 195 g/mol. The van der Waals surface area contributed by atoms with Crippen LogP contribution in [0.3, 0.4) is 0 Å². The molecule has 0 amide bonds. The Morgan fingerprint density at radius 2 is 1.67 bits per heavy atom. The molecule has 1 aromatic carbocycles. The summed E-state index contributed by atoms with van der Waals surface area (Å²) in [5.41, 5.74) is 1.37. The largest absolute Gasteiger partial charge is 0.354 e. The highest BCUT2D eigenvalue weighted by Crippen LogP contribution is 2.14. The van der Waals surface area contributed by atoms with E-state index in [9.17, 15) is 9.18 Å². The third-order valence-electron chi connectivity index (χ3n) is 1.92. The standard InChI is InChI=1S/C11H9FN2O/c12-8-1-3-9(4-2-8)14-10-5-6-11(15)13-7-10/h1-7,14H,(H,13,15). The van der Waals surface area contributed by atoms with Gasteiger partial charge in [0.2, 0.25) is 5.56 Å². The van der Waals surface area contributed by atoms with Crippen LogP contribution in [0.2, 0.25) is 0 Å². The third kappa shape index (κ3) is 2.43. The van der Waals surface area contributed by atoms with Gasteiger partial charge in [-0.3, -0.25) is 4.79 Å². The van der Waals surface area contributed by atoms with Gasteiger partial charge in [0.05, 0.1) is 5.69 Å². The Morgan fingerprint density at radius 1 is 1.00 bits per heavy atom. The van der Waals surface area contributed by atoms with E-state index < -0.39 is 0 Å². The summed E-state index contributed by atoms with van der Waals surface area (Å²) in [4.78, 5) is 13.3. The van der Waals surface area contributed by atoms with Gasteiger partial charge in [-0.2, -0.15) is 0 Å². The van der Waals surface area contributed by atoms with Gasteiger partial charge in [0.1, 0.15) is 5.82 Å². The van der Waals surface area contributed by atoms with E-state index in [1.54, 1.807) is 24.4 Å². The van der Waals surface area contributed by atoms with Crippen molar-refractivity contribution in [2.24, 2.45) is 0 Å². The monoisotopic (exact) mass is 204 g/mol. The van der Waals surface area contributed by atoms with Crippen LogP contribution in [0.5, 0.6) is 0 Å². The topological polar surface area (TPSA) is 44.9 Å². The van der Waals surface area contributed by atoms with Crippen LogP contribution in [0.15, 0.2) is 47.4 Å². The number of halogens is 1. The van der Waals surface area contributed by atoms with E-state index in [0.29, 0.717) is 0 Å². The quantitative estimate of drug-likeness (QED) is 0.788. The van der Waals surface area contributed by atoms with E-state index in [0.717, 1.165) is 11.4 Å². The molecule has 0 unspecified atom stereocenters. The minimum Gasteiger partial charge on any atom is -0.354 e. The number of nitrogens with one attached hydrogen (secondary N) is 2. The smallest absolute Gasteiger partial charge is 0.248 e. The summed E-state index contributed by atoms with van der Waals surface area (Å²) in [6.45, 7) is 0. The molecule has 15 heavy (non-hydrogen) atoms. The predicted molar refractivity (Wildman–Crippen MR) is 56.7 cm³/mol. The summed E-state index contributed by atoms with van der Waals surface area (Å²) in [7, 11) is 0. The summed E-state index contributed by atoms with van der Waals surface area (Å²) in [6, 6.07) is 9.07. The summed E-state index contributed by atoms with van der Waals surface area (Å²) >= 11 is 0. The average Bonchev–Trinajstić information content (AvgIpc) is 2.25. The van der Waals surface area contributed by atoms with E-state index in [1.807, 2.05) is 0 Å². The van der Waals surface area contributed by atoms with Crippen LogP contribution in [0.25, 0.3) is 0 Å². The van der Waals surface area contributed by atoms with Gasteiger partial charge in [0.15, 0.2) is 0 Å². The maximum Gasteiger partial charge on any atom is 0.248 e. The Kier molecular flexibility index (Phi) is 2.49. The molecule has 0 saturated heterocycles. The summed E-state index contributed by atoms with van der Waals surface area (Å²) < 4.78 is 12.6. The molecule has 4 heteroatoms. The first-order valence-electron chi connectivity index (χ1n) is 4.45. The van der Waals surface area contributed by atoms with E-state index in [1.165, 1.54) is 18.2 Å². The fourth-order valence-corrected chi connectivity index (χ4v) is 1.19. The van der Waals surface area contributed by atoms with Crippen molar-refractivity contribution >= 4 is 11.4 Å². The zero-order chi connectivity index (χ0) is 10.7. The third-order valence-corrected chi connectivity index (χ3v) is 1.92. The number of pyridine rings is 1. The molecule has 76 valence electrons. The lowest BCUT2D eigenvalue weighted by Crippen LogP contribution is -2.02. The number of hydrogen-bond donors (Lipinski definition) is 2. The van der Waals surface area contributed by atoms with Gasteiger partial charge in [0, 0.05) is 18.0 Å². The van der Waals surface area contributed by atoms with Crippen molar-refractivity contribution in [1.29, 1.82) is 0 Å². The van der Waals surface area contributed by atoms with Crippen molar-refractivity contribution in [3.8, 4) is 0 Å². The molecule has 0 fully saturated rings. The zero-order valence-electron chi connectivity index (χ0n) is 7.83. The Hall–Kier alpha value is -2.10.